The van der Waals surface area contributed by atoms with Crippen LogP contribution in [0.2, 0.25) is 0 Å². The summed E-state index contributed by atoms with van der Waals surface area (Å²) in [6.45, 7) is 12.2. The molecular weight excluding hydrogens is 803 g/mol. The van der Waals surface area contributed by atoms with Gasteiger partial charge in [0.05, 0.1) is 23.7 Å². The number of ketones is 1. The zero-order valence-corrected chi connectivity index (χ0v) is 37.2. The number of hydrogen-bond acceptors (Lipinski definition) is 14. The minimum Gasteiger partial charge on any atom is -0.389 e. The van der Waals surface area contributed by atoms with Crippen molar-refractivity contribution in [2.45, 2.75) is 172 Å². The molecular formula is C46H67N3O13. The molecule has 2 saturated carbocycles. The topological polar surface area (TPSA) is 187 Å². The number of nitro benzene ring substituents is 1. The molecule has 1 amide bonds. The predicted octanol–water partition coefficient (Wildman–Crippen LogP) is 6.51. The van der Waals surface area contributed by atoms with Crippen LogP contribution in [0.5, 0.6) is 0 Å². The molecule has 62 heavy (non-hydrogen) atoms. The van der Waals surface area contributed by atoms with Gasteiger partial charge in [0, 0.05) is 49.0 Å². The molecule has 2 spiro atoms. The summed E-state index contributed by atoms with van der Waals surface area (Å²) >= 11 is 0. The van der Waals surface area contributed by atoms with Crippen molar-refractivity contribution in [1.82, 2.24) is 5.32 Å². The molecule has 344 valence electrons. The molecule has 10 fully saturated rings. The number of carbonyl (C=O) groups excluding carboxylic acids is 2. The Hall–Kier alpha value is -2.80. The summed E-state index contributed by atoms with van der Waals surface area (Å²) in [7, 11) is 0. The SMILES string of the molecule is C[C@@H]1CCC2[C@@H](C)[C@@H](CCCN(c3ccc([N+](=O)[O-])cc3)C(CC[C@H]3O[C@@H]4O[C@@]5(C)CCC6[C@H](C)CCC([C@H]3C)[C@]64OO5)C(=O)NCC(=O)CO)O[C@@H]3O[C@@]4(C)CCC1[C@@]23OO4. The van der Waals surface area contributed by atoms with Gasteiger partial charge in [0.2, 0.25) is 17.5 Å². The molecule has 8 saturated heterocycles. The fourth-order valence-corrected chi connectivity index (χ4v) is 13.4. The molecule has 16 nitrogen and oxygen atoms in total. The van der Waals surface area contributed by atoms with Crippen molar-refractivity contribution in [2.75, 3.05) is 24.6 Å². The second-order valence-electron chi connectivity index (χ2n) is 20.5. The summed E-state index contributed by atoms with van der Waals surface area (Å²) in [6, 6.07) is 5.47. The van der Waals surface area contributed by atoms with Gasteiger partial charge >= 0.3 is 0 Å². The molecule has 5 unspecified atom stereocenters. The van der Waals surface area contributed by atoms with Gasteiger partial charge in [-0.05, 0) is 126 Å². The predicted molar refractivity (Wildman–Crippen MR) is 221 cm³/mol. The number of carbonyl (C=O) groups is 2. The lowest BCUT2D eigenvalue weighted by Gasteiger charge is -2.60. The number of amides is 1. The molecule has 4 bridgehead atoms. The number of non-ortho nitro benzene ring substituents is 1. The van der Waals surface area contributed by atoms with Crippen molar-refractivity contribution < 1.29 is 58.1 Å². The molecule has 10 aliphatic rings. The number of nitro groups is 1. The minimum atomic E-state index is -0.922. The summed E-state index contributed by atoms with van der Waals surface area (Å²) in [5.74, 6) is -0.870. The number of hydrogen-bond donors (Lipinski definition) is 2. The lowest BCUT2D eigenvalue weighted by atomic mass is 9.57. The summed E-state index contributed by atoms with van der Waals surface area (Å²) in [5.41, 5.74) is -0.814. The van der Waals surface area contributed by atoms with Gasteiger partial charge in [-0.15, -0.1) is 0 Å². The summed E-state index contributed by atoms with van der Waals surface area (Å²) in [5, 5.41) is 24.1. The second kappa shape index (κ2) is 16.9. The Morgan fingerprint density at radius 2 is 1.32 bits per heavy atom. The Bertz CT molecular complexity index is 1840. The quantitative estimate of drug-likeness (QED) is 0.117. The zero-order chi connectivity index (χ0) is 43.8. The highest BCUT2D eigenvalue weighted by atomic mass is 17.3. The van der Waals surface area contributed by atoms with Crippen molar-refractivity contribution in [3.8, 4) is 0 Å². The molecule has 0 aromatic heterocycles. The van der Waals surface area contributed by atoms with Crippen LogP contribution in [0.3, 0.4) is 0 Å². The highest BCUT2D eigenvalue weighted by Gasteiger charge is 2.70. The largest absolute Gasteiger partial charge is 0.389 e. The lowest BCUT2D eigenvalue weighted by Crippen LogP contribution is -2.70. The van der Waals surface area contributed by atoms with Crippen LogP contribution in [0.15, 0.2) is 24.3 Å². The number of Topliss-reactive ketones (excluding diaryl/α,β-unsaturated/α-hetero) is 1. The number of rotatable bonds is 14. The molecule has 2 aliphatic carbocycles. The second-order valence-corrected chi connectivity index (χ2v) is 20.5. The first-order chi connectivity index (χ1) is 29.6. The third-order valence-corrected chi connectivity index (χ3v) is 16.9. The van der Waals surface area contributed by atoms with Gasteiger partial charge in [-0.1, -0.05) is 27.7 Å². The first kappa shape index (κ1) is 44.4. The van der Waals surface area contributed by atoms with Crippen LogP contribution in [0.25, 0.3) is 0 Å². The van der Waals surface area contributed by atoms with Gasteiger partial charge in [0.25, 0.3) is 5.69 Å². The van der Waals surface area contributed by atoms with Crippen LogP contribution in [0.1, 0.15) is 119 Å². The number of aliphatic hydroxyl groups is 1. The van der Waals surface area contributed by atoms with E-state index < -0.39 is 58.7 Å². The number of anilines is 1. The first-order valence-corrected chi connectivity index (χ1v) is 23.4. The van der Waals surface area contributed by atoms with Gasteiger partial charge in [0.15, 0.2) is 29.6 Å². The normalized spacial score (nSPS) is 44.6. The van der Waals surface area contributed by atoms with E-state index in [1.807, 2.05) is 18.7 Å². The number of nitrogens with one attached hydrogen (secondary N) is 1. The summed E-state index contributed by atoms with van der Waals surface area (Å²) in [4.78, 5) is 64.9. The van der Waals surface area contributed by atoms with Crippen LogP contribution in [0.4, 0.5) is 11.4 Å². The van der Waals surface area contributed by atoms with Gasteiger partial charge in [-0.3, -0.25) is 19.7 Å². The van der Waals surface area contributed by atoms with Crippen molar-refractivity contribution in [3.05, 3.63) is 34.4 Å². The zero-order valence-electron chi connectivity index (χ0n) is 37.2. The maximum atomic E-state index is 14.4. The third-order valence-electron chi connectivity index (χ3n) is 16.9. The van der Waals surface area contributed by atoms with E-state index in [0.717, 1.165) is 44.9 Å². The first-order valence-electron chi connectivity index (χ1n) is 23.4. The Morgan fingerprint density at radius 3 is 1.84 bits per heavy atom. The van der Waals surface area contributed by atoms with E-state index in [4.69, 9.17) is 38.5 Å². The van der Waals surface area contributed by atoms with Crippen LogP contribution < -0.4 is 10.2 Å². The maximum absolute atomic E-state index is 14.4. The Labute approximate surface area is 364 Å². The van der Waals surface area contributed by atoms with Gasteiger partial charge in [0.1, 0.15) is 12.6 Å². The average Bonchev–Trinajstić information content (AvgIpc) is 3.63. The molecule has 17 atom stereocenters. The van der Waals surface area contributed by atoms with Crippen LogP contribution >= 0.6 is 0 Å². The van der Waals surface area contributed by atoms with Crippen LogP contribution in [-0.4, -0.2) is 95.0 Å². The van der Waals surface area contributed by atoms with Crippen LogP contribution in [0, 0.1) is 57.5 Å². The number of ether oxygens (including phenoxy) is 4. The highest BCUT2D eigenvalue weighted by molar-refractivity contribution is 5.90. The van der Waals surface area contributed by atoms with Gasteiger partial charge in [-0.2, -0.15) is 0 Å². The minimum absolute atomic E-state index is 0.0529. The monoisotopic (exact) mass is 869 g/mol. The average molecular weight is 870 g/mol. The molecule has 11 rings (SSSR count). The summed E-state index contributed by atoms with van der Waals surface area (Å²) < 4.78 is 27.1. The Morgan fingerprint density at radius 1 is 0.790 bits per heavy atom. The molecule has 0 radical (unpaired) electrons. The fraction of sp³-hybridized carbons (Fsp3) is 0.826. The van der Waals surface area contributed by atoms with Crippen molar-refractivity contribution in [3.63, 3.8) is 0 Å². The van der Waals surface area contributed by atoms with Gasteiger partial charge in [-0.25, -0.2) is 19.6 Å². The van der Waals surface area contributed by atoms with E-state index in [0.29, 0.717) is 56.2 Å². The summed E-state index contributed by atoms with van der Waals surface area (Å²) in [6.07, 6.45) is 7.89. The number of benzene rings is 1. The number of nitrogens with zero attached hydrogens (tertiary/aromatic N) is 2. The molecule has 2 N–H and O–H groups in total. The van der Waals surface area contributed by atoms with E-state index in [9.17, 15) is 24.8 Å². The molecule has 16 heteroatoms. The number of fused-ring (bicyclic) bond motifs is 4. The van der Waals surface area contributed by atoms with E-state index in [2.05, 4.69) is 33.0 Å². The molecule has 1 aromatic rings. The van der Waals surface area contributed by atoms with Gasteiger partial charge < -0.3 is 34.3 Å². The molecule has 1 aromatic carbocycles. The smallest absolute Gasteiger partial charge is 0.269 e. The number of aliphatic hydroxyl groups excluding tert-OH is 1. The van der Waals surface area contributed by atoms with Crippen molar-refractivity contribution in [1.29, 1.82) is 0 Å². The van der Waals surface area contributed by atoms with E-state index in [1.54, 1.807) is 12.1 Å². The standard InChI is InChI=1S/C46H67N3O13/c1-26-9-15-35-28(3)38(55-41-45(35)33(26)19-21-43(5,57-41)59-61-45)8-7-23-48(30-11-13-31(14-12-30)49(53)54)37(40(52)47-24-32(51)25-50)17-18-39-29(4)36-16-10-27(2)34-20-22-44(6)58-42(56-39)46(34,36)62-60-44/h11-14,26-29,33-39,41-42,50H,7-10,15-25H2,1-6H3,(H,47,52)/t26-,27-,28-,29-,33?,34?,35?,36?,37?,38-,39-,41-,42-,43-,44-,45-,46-/m1/s1. The van der Waals surface area contributed by atoms with E-state index in [-0.39, 0.29) is 65.9 Å². The highest BCUT2D eigenvalue weighted by Crippen LogP contribution is 2.62. The van der Waals surface area contributed by atoms with Crippen LogP contribution in [-0.2, 0) is 48.1 Å². The lowest BCUT2D eigenvalue weighted by molar-refractivity contribution is -0.571. The third kappa shape index (κ3) is 7.50. The van der Waals surface area contributed by atoms with Crippen molar-refractivity contribution >= 4 is 23.1 Å². The van der Waals surface area contributed by atoms with E-state index in [1.165, 1.54) is 12.1 Å². The fourth-order valence-electron chi connectivity index (χ4n) is 13.4. The molecule has 8 aliphatic heterocycles. The Balaban J connectivity index is 0.971. The van der Waals surface area contributed by atoms with E-state index >= 15 is 0 Å². The van der Waals surface area contributed by atoms with Crippen molar-refractivity contribution in [2.24, 2.45) is 47.3 Å². The molecule has 8 heterocycles. The maximum Gasteiger partial charge on any atom is 0.269 e. The Kier molecular flexibility index (Phi) is 12.1.